The Hall–Kier alpha value is -3.34. The van der Waals surface area contributed by atoms with Gasteiger partial charge in [-0.05, 0) is 49.8 Å². The minimum Gasteiger partial charge on any atom is -0.361 e. The number of anilines is 1. The standard InChI is InChI=1S/C27H32F3N7O/c1-17-12-36(24-32-10-20(11-33-24)27(28,29)30)13-18(2)37(17)25(38)34-21-8-26(9-21)15-35(16-26)14-19-4-3-5-23-22(19)6-7-31-23/h3-7,10-11,17-18,21,31H,8-9,12-16H2,1-2H3,(H,34,38)/t17-,18+. The van der Waals surface area contributed by atoms with Crippen molar-refractivity contribution in [3.63, 3.8) is 0 Å². The van der Waals surface area contributed by atoms with Crippen molar-refractivity contribution in [1.29, 1.82) is 0 Å². The van der Waals surface area contributed by atoms with Gasteiger partial charge < -0.3 is 20.1 Å². The first-order valence-electron chi connectivity index (χ1n) is 13.1. The molecule has 202 valence electrons. The maximum absolute atomic E-state index is 13.2. The molecule has 2 aliphatic heterocycles. The fourth-order valence-electron chi connectivity index (χ4n) is 6.66. The number of likely N-dealkylation sites (tertiary alicyclic amines) is 1. The van der Waals surface area contributed by atoms with E-state index in [1.165, 1.54) is 16.5 Å². The number of aromatic amines is 1. The number of nitrogens with zero attached hydrogens (tertiary/aromatic N) is 5. The summed E-state index contributed by atoms with van der Waals surface area (Å²) in [6.45, 7) is 7.86. The Bertz CT molecular complexity index is 1300. The fraction of sp³-hybridized carbons (Fsp3) is 0.519. The molecule has 1 aliphatic carbocycles. The molecule has 8 nitrogen and oxygen atoms in total. The van der Waals surface area contributed by atoms with Gasteiger partial charge in [0.15, 0.2) is 0 Å². The number of fused-ring (bicyclic) bond motifs is 1. The maximum atomic E-state index is 13.2. The third-order valence-electron chi connectivity index (χ3n) is 8.29. The van der Waals surface area contributed by atoms with E-state index in [0.29, 0.717) is 18.5 Å². The number of aromatic nitrogens is 3. The van der Waals surface area contributed by atoms with Crippen molar-refractivity contribution in [2.45, 2.75) is 57.5 Å². The minimum atomic E-state index is -4.47. The molecule has 4 heterocycles. The van der Waals surface area contributed by atoms with Crippen LogP contribution in [0.15, 0.2) is 42.9 Å². The molecule has 1 spiro atoms. The number of H-pyrrole nitrogens is 1. The van der Waals surface area contributed by atoms with Gasteiger partial charge in [0, 0.05) is 80.3 Å². The molecule has 3 aliphatic rings. The van der Waals surface area contributed by atoms with E-state index in [1.807, 2.05) is 29.8 Å². The van der Waals surface area contributed by atoms with Crippen molar-refractivity contribution in [2.75, 3.05) is 31.1 Å². The number of rotatable bonds is 4. The van der Waals surface area contributed by atoms with Gasteiger partial charge in [0.05, 0.1) is 5.56 Å². The molecule has 3 aromatic rings. The van der Waals surface area contributed by atoms with E-state index in [1.54, 1.807) is 0 Å². The average molecular weight is 528 g/mol. The quantitative estimate of drug-likeness (QED) is 0.531. The van der Waals surface area contributed by atoms with Gasteiger partial charge in [-0.2, -0.15) is 13.2 Å². The zero-order valence-electron chi connectivity index (χ0n) is 21.5. The Balaban J connectivity index is 0.984. The van der Waals surface area contributed by atoms with Gasteiger partial charge in [-0.25, -0.2) is 14.8 Å². The number of nitrogens with one attached hydrogen (secondary N) is 2. The van der Waals surface area contributed by atoms with E-state index in [2.05, 4.69) is 49.4 Å². The second-order valence-corrected chi connectivity index (χ2v) is 11.3. The normalized spacial score (nSPS) is 23.9. The smallest absolute Gasteiger partial charge is 0.361 e. The molecule has 2 N–H and O–H groups in total. The molecule has 1 aromatic carbocycles. The van der Waals surface area contributed by atoms with Crippen LogP contribution in [-0.2, 0) is 12.7 Å². The van der Waals surface area contributed by atoms with Gasteiger partial charge in [-0.15, -0.1) is 0 Å². The lowest BCUT2D eigenvalue weighted by atomic mass is 9.60. The predicted molar refractivity (Wildman–Crippen MR) is 138 cm³/mol. The second kappa shape index (κ2) is 9.14. The number of hydrogen-bond donors (Lipinski definition) is 2. The third-order valence-corrected chi connectivity index (χ3v) is 8.29. The van der Waals surface area contributed by atoms with Crippen molar-refractivity contribution < 1.29 is 18.0 Å². The molecule has 38 heavy (non-hydrogen) atoms. The number of alkyl halides is 3. The van der Waals surface area contributed by atoms with Gasteiger partial charge in [-0.3, -0.25) is 4.90 Å². The molecule has 2 amide bonds. The zero-order chi connectivity index (χ0) is 26.7. The van der Waals surface area contributed by atoms with E-state index in [4.69, 9.17) is 0 Å². The highest BCUT2D eigenvalue weighted by Gasteiger charge is 2.53. The summed E-state index contributed by atoms with van der Waals surface area (Å²) in [5.74, 6) is 0.250. The van der Waals surface area contributed by atoms with Crippen LogP contribution < -0.4 is 10.2 Å². The van der Waals surface area contributed by atoms with E-state index < -0.39 is 11.7 Å². The van der Waals surface area contributed by atoms with Gasteiger partial charge in [0.2, 0.25) is 5.95 Å². The van der Waals surface area contributed by atoms with Crippen LogP contribution >= 0.6 is 0 Å². The molecule has 0 radical (unpaired) electrons. The van der Waals surface area contributed by atoms with Crippen LogP contribution in [0.25, 0.3) is 10.9 Å². The Kier molecular flexibility index (Phi) is 6.01. The number of urea groups is 1. The van der Waals surface area contributed by atoms with Crippen LogP contribution in [0.2, 0.25) is 0 Å². The largest absolute Gasteiger partial charge is 0.419 e. The summed E-state index contributed by atoms with van der Waals surface area (Å²) in [5, 5.41) is 4.50. The molecule has 11 heteroatoms. The molecule has 2 saturated heterocycles. The van der Waals surface area contributed by atoms with Crippen LogP contribution in [-0.4, -0.2) is 75.1 Å². The van der Waals surface area contributed by atoms with Crippen LogP contribution in [0.1, 0.15) is 37.8 Å². The third kappa shape index (κ3) is 4.57. The Morgan fingerprint density at radius 2 is 1.79 bits per heavy atom. The fourth-order valence-corrected chi connectivity index (χ4v) is 6.66. The lowest BCUT2D eigenvalue weighted by molar-refractivity contribution is -0.138. The number of piperazine rings is 1. The van der Waals surface area contributed by atoms with Gasteiger partial charge in [0.25, 0.3) is 0 Å². The first kappa shape index (κ1) is 25.0. The summed E-state index contributed by atoms with van der Waals surface area (Å²) < 4.78 is 38.5. The van der Waals surface area contributed by atoms with Crippen molar-refractivity contribution in [3.8, 4) is 0 Å². The van der Waals surface area contributed by atoms with E-state index in [9.17, 15) is 18.0 Å². The Morgan fingerprint density at radius 3 is 2.45 bits per heavy atom. The highest BCUT2D eigenvalue weighted by atomic mass is 19.4. The molecular weight excluding hydrogens is 495 g/mol. The van der Waals surface area contributed by atoms with Crippen molar-refractivity contribution in [1.82, 2.24) is 30.1 Å². The van der Waals surface area contributed by atoms with E-state index in [-0.39, 0.29) is 30.1 Å². The Labute approximate surface area is 219 Å². The summed E-state index contributed by atoms with van der Waals surface area (Å²) in [6.07, 6.45) is 1.12. The monoisotopic (exact) mass is 527 g/mol. The van der Waals surface area contributed by atoms with Crippen molar-refractivity contribution >= 4 is 22.9 Å². The minimum absolute atomic E-state index is 0.0758. The van der Waals surface area contributed by atoms with Crippen LogP contribution in [0.5, 0.6) is 0 Å². The highest BCUT2D eigenvalue weighted by molar-refractivity contribution is 5.82. The molecule has 3 fully saturated rings. The zero-order valence-corrected chi connectivity index (χ0v) is 21.5. The molecular formula is C27H32F3N7O. The maximum Gasteiger partial charge on any atom is 0.419 e. The van der Waals surface area contributed by atoms with Crippen LogP contribution in [0.3, 0.4) is 0 Å². The van der Waals surface area contributed by atoms with E-state index in [0.717, 1.165) is 44.9 Å². The Morgan fingerprint density at radius 1 is 1.11 bits per heavy atom. The van der Waals surface area contributed by atoms with Crippen LogP contribution in [0.4, 0.5) is 23.9 Å². The molecule has 6 rings (SSSR count). The lowest BCUT2D eigenvalue weighted by Gasteiger charge is -2.59. The summed E-state index contributed by atoms with van der Waals surface area (Å²) in [7, 11) is 0. The first-order valence-corrected chi connectivity index (χ1v) is 13.1. The van der Waals surface area contributed by atoms with Gasteiger partial charge in [0.1, 0.15) is 0 Å². The number of carbonyl (C=O) groups excluding carboxylic acids is 1. The second-order valence-electron chi connectivity index (χ2n) is 11.3. The summed E-state index contributed by atoms with van der Waals surface area (Å²) in [5.41, 5.74) is 1.94. The highest BCUT2D eigenvalue weighted by Crippen LogP contribution is 2.49. The number of benzene rings is 1. The topological polar surface area (TPSA) is 80.4 Å². The molecule has 2 atom stereocenters. The number of carbonyl (C=O) groups is 1. The summed E-state index contributed by atoms with van der Waals surface area (Å²) in [6, 6.07) is 8.35. The predicted octanol–water partition coefficient (Wildman–Crippen LogP) is 4.25. The molecule has 1 saturated carbocycles. The van der Waals surface area contributed by atoms with E-state index >= 15 is 0 Å². The summed E-state index contributed by atoms with van der Waals surface area (Å²) >= 11 is 0. The van der Waals surface area contributed by atoms with Gasteiger partial charge >= 0.3 is 12.2 Å². The summed E-state index contributed by atoms with van der Waals surface area (Å²) in [4.78, 5) is 30.5. The molecule has 0 bridgehead atoms. The SMILES string of the molecule is C[C@@H]1CN(c2ncc(C(F)(F)F)cn2)C[C@H](C)N1C(=O)NC1CC2(C1)CN(Cc1cccc3[nH]ccc13)C2. The van der Waals surface area contributed by atoms with Crippen molar-refractivity contribution in [3.05, 3.63) is 54.0 Å². The van der Waals surface area contributed by atoms with Crippen LogP contribution in [0, 0.1) is 5.41 Å². The number of amides is 2. The van der Waals surface area contributed by atoms with Crippen molar-refractivity contribution in [2.24, 2.45) is 5.41 Å². The number of hydrogen-bond acceptors (Lipinski definition) is 5. The number of halogens is 3. The lowest BCUT2D eigenvalue weighted by Crippen LogP contribution is -2.68. The molecule has 2 aromatic heterocycles. The van der Waals surface area contributed by atoms with Gasteiger partial charge in [-0.1, -0.05) is 12.1 Å². The first-order chi connectivity index (χ1) is 18.1. The molecule has 0 unspecified atom stereocenters. The average Bonchev–Trinajstić information content (AvgIpc) is 3.30.